The highest BCUT2D eigenvalue weighted by molar-refractivity contribution is 5.48. The summed E-state index contributed by atoms with van der Waals surface area (Å²) in [6.45, 7) is 6.00. The van der Waals surface area contributed by atoms with Crippen molar-refractivity contribution in [3.63, 3.8) is 0 Å². The van der Waals surface area contributed by atoms with E-state index >= 15 is 0 Å². The summed E-state index contributed by atoms with van der Waals surface area (Å²) in [5.41, 5.74) is 1.30. The Morgan fingerprint density at radius 3 is 2.11 bits per heavy atom. The van der Waals surface area contributed by atoms with Gasteiger partial charge in [0.1, 0.15) is 5.82 Å². The van der Waals surface area contributed by atoms with Gasteiger partial charge in [0.2, 0.25) is 5.95 Å². The topological polar surface area (TPSA) is 37.2 Å². The molecule has 5 nitrogen and oxygen atoms in total. The second-order valence-corrected chi connectivity index (χ2v) is 4.92. The van der Waals surface area contributed by atoms with Crippen molar-refractivity contribution in [2.45, 2.75) is 6.92 Å². The van der Waals surface area contributed by atoms with E-state index < -0.39 is 0 Å². The number of aryl methyl sites for hydroxylation is 1. The second kappa shape index (κ2) is 4.91. The van der Waals surface area contributed by atoms with Crippen LogP contribution in [0, 0.1) is 6.92 Å². The number of aromatic nitrogens is 3. The second-order valence-electron chi connectivity index (χ2n) is 4.92. The molecular weight excluding hydrogens is 238 g/mol. The van der Waals surface area contributed by atoms with Crippen LogP contribution in [-0.4, -0.2) is 40.9 Å². The van der Waals surface area contributed by atoms with E-state index in [1.54, 1.807) is 0 Å². The van der Waals surface area contributed by atoms with Crippen molar-refractivity contribution in [3.8, 4) is 0 Å². The molecule has 0 saturated carbocycles. The SMILES string of the molecule is Cc1nnc(N2CCN(c3ccccc3)CC2)n1C. The van der Waals surface area contributed by atoms with E-state index in [4.69, 9.17) is 0 Å². The van der Waals surface area contributed by atoms with Crippen LogP contribution in [0.3, 0.4) is 0 Å². The summed E-state index contributed by atoms with van der Waals surface area (Å²) >= 11 is 0. The molecule has 0 aliphatic carbocycles. The molecule has 1 aromatic carbocycles. The van der Waals surface area contributed by atoms with Gasteiger partial charge < -0.3 is 14.4 Å². The summed E-state index contributed by atoms with van der Waals surface area (Å²) in [4.78, 5) is 4.72. The molecule has 1 aromatic heterocycles. The van der Waals surface area contributed by atoms with Crippen molar-refractivity contribution >= 4 is 11.6 Å². The molecule has 0 unspecified atom stereocenters. The molecule has 0 atom stereocenters. The number of hydrogen-bond donors (Lipinski definition) is 0. The van der Waals surface area contributed by atoms with E-state index in [1.807, 2.05) is 14.0 Å². The van der Waals surface area contributed by atoms with E-state index in [0.29, 0.717) is 0 Å². The molecule has 2 heterocycles. The minimum absolute atomic E-state index is 0.959. The Kier molecular flexibility index (Phi) is 3.11. The molecule has 1 aliphatic rings. The summed E-state index contributed by atoms with van der Waals surface area (Å²) in [5.74, 6) is 1.94. The monoisotopic (exact) mass is 257 g/mol. The molecular formula is C14H19N5. The smallest absolute Gasteiger partial charge is 0.227 e. The van der Waals surface area contributed by atoms with Gasteiger partial charge in [0.25, 0.3) is 0 Å². The number of hydrogen-bond acceptors (Lipinski definition) is 4. The molecule has 1 aliphatic heterocycles. The van der Waals surface area contributed by atoms with Crippen molar-refractivity contribution in [2.75, 3.05) is 36.0 Å². The van der Waals surface area contributed by atoms with Crippen LogP contribution in [0.1, 0.15) is 5.82 Å². The summed E-state index contributed by atoms with van der Waals surface area (Å²) in [7, 11) is 2.02. The summed E-state index contributed by atoms with van der Waals surface area (Å²) < 4.78 is 2.05. The Labute approximate surface area is 113 Å². The molecule has 5 heteroatoms. The Morgan fingerprint density at radius 2 is 1.53 bits per heavy atom. The average Bonchev–Trinajstić information content (AvgIpc) is 2.80. The molecule has 1 saturated heterocycles. The lowest BCUT2D eigenvalue weighted by atomic mass is 10.2. The van der Waals surface area contributed by atoms with Gasteiger partial charge in [0.15, 0.2) is 0 Å². The maximum atomic E-state index is 4.26. The fourth-order valence-electron chi connectivity index (χ4n) is 2.47. The highest BCUT2D eigenvalue weighted by Crippen LogP contribution is 2.18. The van der Waals surface area contributed by atoms with Gasteiger partial charge >= 0.3 is 0 Å². The van der Waals surface area contributed by atoms with Gasteiger partial charge in [-0.1, -0.05) is 18.2 Å². The number of para-hydroxylation sites is 1. The van der Waals surface area contributed by atoms with Gasteiger partial charge in [-0.05, 0) is 19.1 Å². The third-order valence-corrected chi connectivity index (χ3v) is 3.75. The van der Waals surface area contributed by atoms with E-state index in [-0.39, 0.29) is 0 Å². The van der Waals surface area contributed by atoms with E-state index in [9.17, 15) is 0 Å². The Morgan fingerprint density at radius 1 is 0.895 bits per heavy atom. The van der Waals surface area contributed by atoms with Gasteiger partial charge in [0, 0.05) is 38.9 Å². The molecule has 3 rings (SSSR count). The number of anilines is 2. The van der Waals surface area contributed by atoms with Crippen LogP contribution in [-0.2, 0) is 7.05 Å². The third kappa shape index (κ3) is 2.28. The van der Waals surface area contributed by atoms with Crippen LogP contribution in [0.25, 0.3) is 0 Å². The largest absolute Gasteiger partial charge is 0.368 e. The summed E-state index contributed by atoms with van der Waals surface area (Å²) in [6, 6.07) is 10.6. The maximum absolute atomic E-state index is 4.26. The maximum Gasteiger partial charge on any atom is 0.227 e. The van der Waals surface area contributed by atoms with Crippen LogP contribution in [0.5, 0.6) is 0 Å². The molecule has 19 heavy (non-hydrogen) atoms. The predicted molar refractivity (Wildman–Crippen MR) is 76.6 cm³/mol. The van der Waals surface area contributed by atoms with Gasteiger partial charge in [0.05, 0.1) is 0 Å². The standard InChI is InChI=1S/C14H19N5/c1-12-15-16-14(17(12)2)19-10-8-18(9-11-19)13-6-4-3-5-7-13/h3-7H,8-11H2,1-2H3. The van der Waals surface area contributed by atoms with Gasteiger partial charge in [-0.25, -0.2) is 0 Å². The zero-order valence-corrected chi connectivity index (χ0v) is 11.5. The first kappa shape index (κ1) is 12.0. The van der Waals surface area contributed by atoms with E-state index in [2.05, 4.69) is 54.9 Å². The summed E-state index contributed by atoms with van der Waals surface area (Å²) in [6.07, 6.45) is 0. The molecule has 0 amide bonds. The minimum Gasteiger partial charge on any atom is -0.368 e. The zero-order valence-electron chi connectivity index (χ0n) is 11.5. The molecule has 1 fully saturated rings. The quantitative estimate of drug-likeness (QED) is 0.816. The number of benzene rings is 1. The lowest BCUT2D eigenvalue weighted by molar-refractivity contribution is 0.628. The molecule has 0 N–H and O–H groups in total. The first-order valence-electron chi connectivity index (χ1n) is 6.66. The molecule has 0 spiro atoms. The Hall–Kier alpha value is -2.04. The molecule has 2 aromatic rings. The average molecular weight is 257 g/mol. The number of nitrogens with zero attached hydrogens (tertiary/aromatic N) is 5. The number of piperazine rings is 1. The molecule has 100 valence electrons. The first-order valence-corrected chi connectivity index (χ1v) is 6.66. The lowest BCUT2D eigenvalue weighted by Gasteiger charge is -2.36. The molecule has 0 radical (unpaired) electrons. The van der Waals surface area contributed by atoms with E-state index in [1.165, 1.54) is 5.69 Å². The number of rotatable bonds is 2. The lowest BCUT2D eigenvalue weighted by Crippen LogP contribution is -2.47. The fraction of sp³-hybridized carbons (Fsp3) is 0.429. The van der Waals surface area contributed by atoms with Crippen molar-refractivity contribution in [2.24, 2.45) is 7.05 Å². The fourth-order valence-corrected chi connectivity index (χ4v) is 2.47. The highest BCUT2D eigenvalue weighted by atomic mass is 15.4. The van der Waals surface area contributed by atoms with Crippen molar-refractivity contribution in [1.29, 1.82) is 0 Å². The minimum atomic E-state index is 0.959. The zero-order chi connectivity index (χ0) is 13.2. The summed E-state index contributed by atoms with van der Waals surface area (Å²) in [5, 5.41) is 8.38. The van der Waals surface area contributed by atoms with Crippen molar-refractivity contribution < 1.29 is 0 Å². The highest BCUT2D eigenvalue weighted by Gasteiger charge is 2.20. The van der Waals surface area contributed by atoms with Gasteiger partial charge in [-0.15, -0.1) is 10.2 Å². The Balaban J connectivity index is 1.68. The van der Waals surface area contributed by atoms with Crippen molar-refractivity contribution in [3.05, 3.63) is 36.2 Å². The third-order valence-electron chi connectivity index (χ3n) is 3.75. The van der Waals surface area contributed by atoms with Crippen LogP contribution < -0.4 is 9.80 Å². The van der Waals surface area contributed by atoms with E-state index in [0.717, 1.165) is 38.0 Å². The van der Waals surface area contributed by atoms with Crippen LogP contribution >= 0.6 is 0 Å². The van der Waals surface area contributed by atoms with Gasteiger partial charge in [-0.3, -0.25) is 0 Å². The van der Waals surface area contributed by atoms with Gasteiger partial charge in [-0.2, -0.15) is 0 Å². The normalized spacial score (nSPS) is 15.9. The predicted octanol–water partition coefficient (Wildman–Crippen LogP) is 1.45. The van der Waals surface area contributed by atoms with Crippen molar-refractivity contribution in [1.82, 2.24) is 14.8 Å². The Bertz CT molecular complexity index is 540. The van der Waals surface area contributed by atoms with Crippen LogP contribution in [0.15, 0.2) is 30.3 Å². The van der Waals surface area contributed by atoms with Crippen LogP contribution in [0.2, 0.25) is 0 Å². The molecule has 0 bridgehead atoms. The van der Waals surface area contributed by atoms with Crippen LogP contribution in [0.4, 0.5) is 11.6 Å². The first-order chi connectivity index (χ1) is 9.25.